The minimum Gasteiger partial charge on any atom is -0.310 e. The van der Waals surface area contributed by atoms with Crippen LogP contribution in [0.5, 0.6) is 0 Å². The zero-order valence-corrected chi connectivity index (χ0v) is 15.5. The lowest BCUT2D eigenvalue weighted by molar-refractivity contribution is -0.119. The molecule has 1 aliphatic heterocycles. The molecule has 3 rings (SSSR count). The van der Waals surface area contributed by atoms with Crippen molar-refractivity contribution in [3.63, 3.8) is 0 Å². The van der Waals surface area contributed by atoms with Gasteiger partial charge in [-0.05, 0) is 31.0 Å². The molecule has 0 bridgehead atoms. The topological polar surface area (TPSA) is 32.7 Å². The van der Waals surface area contributed by atoms with E-state index in [0.717, 1.165) is 41.8 Å². The highest BCUT2D eigenvalue weighted by atomic mass is 35.5. The predicted molar refractivity (Wildman–Crippen MR) is 105 cm³/mol. The quantitative estimate of drug-likeness (QED) is 0.735. The second kappa shape index (κ2) is 7.83. The molecule has 2 aromatic carbocycles. The van der Waals surface area contributed by atoms with Crippen LogP contribution in [0.4, 0.5) is 5.69 Å². The van der Waals surface area contributed by atoms with Gasteiger partial charge in [0.25, 0.3) is 5.91 Å². The molecular weight excluding hydrogens is 332 g/mol. The van der Waals surface area contributed by atoms with E-state index in [4.69, 9.17) is 16.6 Å². The number of fused-ring (bicyclic) bond motifs is 1. The number of hydrogen-bond acceptors (Lipinski definition) is 2. The van der Waals surface area contributed by atoms with Crippen LogP contribution in [-0.2, 0) is 4.79 Å². The molecule has 1 unspecified atom stereocenters. The Hall–Kier alpha value is -2.13. The largest absolute Gasteiger partial charge is 0.310 e. The summed E-state index contributed by atoms with van der Waals surface area (Å²) in [6, 6.07) is 15.4. The fourth-order valence-corrected chi connectivity index (χ4v) is 3.43. The zero-order valence-electron chi connectivity index (χ0n) is 14.7. The summed E-state index contributed by atoms with van der Waals surface area (Å²) in [7, 11) is 0. The van der Waals surface area contributed by atoms with Crippen molar-refractivity contribution in [3.8, 4) is 0 Å². The Bertz CT molecular complexity index is 786. The van der Waals surface area contributed by atoms with Gasteiger partial charge < -0.3 is 4.90 Å². The number of carbonyl (C=O) groups is 1. The molecular formula is C21H23ClN2O. The van der Waals surface area contributed by atoms with Gasteiger partial charge >= 0.3 is 0 Å². The highest BCUT2D eigenvalue weighted by Crippen LogP contribution is 2.31. The van der Waals surface area contributed by atoms with Gasteiger partial charge in [-0.2, -0.15) is 0 Å². The SMILES string of the molecule is CCCC1N=C(c2ccccc2)c2cc(Cl)ccc2N(CCC)C1=O. The average Bonchev–Trinajstić information content (AvgIpc) is 2.73. The van der Waals surface area contributed by atoms with E-state index < -0.39 is 0 Å². The van der Waals surface area contributed by atoms with Crippen molar-refractivity contribution in [2.24, 2.45) is 4.99 Å². The van der Waals surface area contributed by atoms with Crippen molar-refractivity contribution >= 4 is 28.9 Å². The van der Waals surface area contributed by atoms with E-state index in [-0.39, 0.29) is 11.9 Å². The number of anilines is 1. The van der Waals surface area contributed by atoms with Crippen molar-refractivity contribution in [1.82, 2.24) is 0 Å². The summed E-state index contributed by atoms with van der Waals surface area (Å²) in [5.41, 5.74) is 3.69. The molecule has 25 heavy (non-hydrogen) atoms. The smallest absolute Gasteiger partial charge is 0.251 e. The highest BCUT2D eigenvalue weighted by molar-refractivity contribution is 6.32. The molecule has 4 heteroatoms. The second-order valence-electron chi connectivity index (χ2n) is 6.30. The van der Waals surface area contributed by atoms with Crippen LogP contribution < -0.4 is 4.90 Å². The summed E-state index contributed by atoms with van der Waals surface area (Å²) in [6.07, 6.45) is 2.56. The summed E-state index contributed by atoms with van der Waals surface area (Å²) in [4.78, 5) is 19.9. The maximum Gasteiger partial charge on any atom is 0.251 e. The van der Waals surface area contributed by atoms with E-state index in [0.29, 0.717) is 11.6 Å². The van der Waals surface area contributed by atoms with Crippen LogP contribution in [0.1, 0.15) is 44.2 Å². The van der Waals surface area contributed by atoms with Gasteiger partial charge in [-0.15, -0.1) is 0 Å². The number of carbonyl (C=O) groups excluding carboxylic acids is 1. The van der Waals surface area contributed by atoms with Crippen molar-refractivity contribution < 1.29 is 4.79 Å². The van der Waals surface area contributed by atoms with E-state index in [2.05, 4.69) is 13.8 Å². The third kappa shape index (κ3) is 3.62. The van der Waals surface area contributed by atoms with E-state index >= 15 is 0 Å². The van der Waals surface area contributed by atoms with Crippen LogP contribution in [0, 0.1) is 0 Å². The number of halogens is 1. The fraction of sp³-hybridized carbons (Fsp3) is 0.333. The van der Waals surface area contributed by atoms with Gasteiger partial charge in [0.2, 0.25) is 0 Å². The molecule has 0 aliphatic carbocycles. The van der Waals surface area contributed by atoms with Gasteiger partial charge in [0, 0.05) is 22.7 Å². The molecule has 0 fully saturated rings. The molecule has 3 nitrogen and oxygen atoms in total. The second-order valence-corrected chi connectivity index (χ2v) is 6.74. The first-order valence-electron chi connectivity index (χ1n) is 8.90. The van der Waals surface area contributed by atoms with Crippen LogP contribution in [0.2, 0.25) is 5.02 Å². The minimum atomic E-state index is -0.349. The first-order valence-corrected chi connectivity index (χ1v) is 9.28. The molecule has 1 heterocycles. The first-order chi connectivity index (χ1) is 12.2. The summed E-state index contributed by atoms with van der Waals surface area (Å²) >= 11 is 6.28. The monoisotopic (exact) mass is 354 g/mol. The first kappa shape index (κ1) is 17.7. The van der Waals surface area contributed by atoms with Gasteiger partial charge in [-0.25, -0.2) is 0 Å². The molecule has 0 saturated carbocycles. The van der Waals surface area contributed by atoms with Gasteiger partial charge in [-0.1, -0.05) is 62.2 Å². The van der Waals surface area contributed by atoms with Crippen LogP contribution in [0.15, 0.2) is 53.5 Å². The number of nitrogens with zero attached hydrogens (tertiary/aromatic N) is 2. The number of benzene rings is 2. The number of aliphatic imine (C=N–C) groups is 1. The van der Waals surface area contributed by atoms with Crippen molar-refractivity contribution in [3.05, 3.63) is 64.7 Å². The molecule has 0 spiro atoms. The fourth-order valence-electron chi connectivity index (χ4n) is 3.25. The predicted octanol–water partition coefficient (Wildman–Crippen LogP) is 5.10. The normalized spacial score (nSPS) is 17.1. The Labute approximate surface area is 154 Å². The van der Waals surface area contributed by atoms with Crippen LogP contribution in [0.3, 0.4) is 0 Å². The lowest BCUT2D eigenvalue weighted by Gasteiger charge is -2.24. The average molecular weight is 355 g/mol. The van der Waals surface area contributed by atoms with Crippen LogP contribution in [0.25, 0.3) is 0 Å². The van der Waals surface area contributed by atoms with Crippen LogP contribution in [-0.4, -0.2) is 24.2 Å². The van der Waals surface area contributed by atoms with E-state index in [9.17, 15) is 4.79 Å². The summed E-state index contributed by atoms with van der Waals surface area (Å²) in [6.45, 7) is 4.86. The standard InChI is InChI=1S/C21H23ClN2O/c1-3-8-18-21(25)24(13-4-2)19-12-11-16(22)14-17(19)20(23-18)15-9-6-5-7-10-15/h5-7,9-12,14,18H,3-4,8,13H2,1-2H3. The number of hydrogen-bond donors (Lipinski definition) is 0. The Morgan fingerprint density at radius 3 is 2.52 bits per heavy atom. The van der Waals surface area contributed by atoms with Crippen molar-refractivity contribution in [1.29, 1.82) is 0 Å². The summed E-state index contributed by atoms with van der Waals surface area (Å²) in [5.74, 6) is 0.0817. The Kier molecular flexibility index (Phi) is 5.54. The molecule has 1 amide bonds. The molecule has 0 N–H and O–H groups in total. The van der Waals surface area contributed by atoms with Crippen LogP contribution >= 0.6 is 11.6 Å². The molecule has 0 aromatic heterocycles. The summed E-state index contributed by atoms with van der Waals surface area (Å²) < 4.78 is 0. The third-order valence-corrected chi connectivity index (χ3v) is 4.63. The van der Waals surface area contributed by atoms with Gasteiger partial charge in [0.1, 0.15) is 6.04 Å². The van der Waals surface area contributed by atoms with Crippen molar-refractivity contribution in [2.45, 2.75) is 39.2 Å². The highest BCUT2D eigenvalue weighted by Gasteiger charge is 2.31. The number of rotatable bonds is 5. The lowest BCUT2D eigenvalue weighted by atomic mass is 10.00. The molecule has 2 aromatic rings. The lowest BCUT2D eigenvalue weighted by Crippen LogP contribution is -2.38. The van der Waals surface area contributed by atoms with Gasteiger partial charge in [-0.3, -0.25) is 9.79 Å². The Morgan fingerprint density at radius 2 is 1.84 bits per heavy atom. The van der Waals surface area contributed by atoms with E-state index in [1.54, 1.807) is 0 Å². The third-order valence-electron chi connectivity index (χ3n) is 4.40. The van der Waals surface area contributed by atoms with Gasteiger partial charge in [0.05, 0.1) is 11.4 Å². The maximum atomic E-state index is 13.1. The molecule has 0 radical (unpaired) electrons. The minimum absolute atomic E-state index is 0.0817. The molecule has 130 valence electrons. The molecule has 1 atom stereocenters. The number of amides is 1. The van der Waals surface area contributed by atoms with Gasteiger partial charge in [0.15, 0.2) is 0 Å². The molecule has 1 aliphatic rings. The summed E-state index contributed by atoms with van der Waals surface area (Å²) in [5, 5.41) is 0.653. The number of benzodiazepines with no additional fused rings is 1. The zero-order chi connectivity index (χ0) is 17.8. The van der Waals surface area contributed by atoms with E-state index in [1.165, 1.54) is 0 Å². The molecule has 0 saturated heterocycles. The Morgan fingerprint density at radius 1 is 1.08 bits per heavy atom. The van der Waals surface area contributed by atoms with Crippen molar-refractivity contribution in [2.75, 3.05) is 11.4 Å². The van der Waals surface area contributed by atoms with E-state index in [1.807, 2.05) is 53.4 Å². The maximum absolute atomic E-state index is 13.1. The Balaban J connectivity index is 2.23.